The Labute approximate surface area is 132 Å². The Balaban J connectivity index is 1.63. The Morgan fingerprint density at radius 2 is 1.77 bits per heavy atom. The van der Waals surface area contributed by atoms with Crippen LogP contribution in [0.3, 0.4) is 0 Å². The van der Waals surface area contributed by atoms with E-state index in [0.29, 0.717) is 13.0 Å². The second-order valence-electron chi connectivity index (χ2n) is 5.29. The zero-order valence-electron chi connectivity index (χ0n) is 13.0. The molecule has 1 N–H and O–H groups in total. The Hall–Kier alpha value is -2.29. The summed E-state index contributed by atoms with van der Waals surface area (Å²) in [5.41, 5.74) is 2.45. The molecule has 0 bridgehead atoms. The molecule has 2 rings (SSSR count). The maximum atomic E-state index is 11.8. The first-order valence-electron chi connectivity index (χ1n) is 7.71. The smallest absolute Gasteiger partial charge is 0.220 e. The van der Waals surface area contributed by atoms with Crippen molar-refractivity contribution in [2.45, 2.75) is 25.7 Å². The largest absolute Gasteiger partial charge is 0.497 e. The molecule has 0 saturated heterocycles. The summed E-state index contributed by atoms with van der Waals surface area (Å²) in [6, 6.07) is 18.2. The standard InChI is InChI=1S/C19H23NO2/c1-22-18-11-5-10-17(15-18)13-14-20-19(21)12-6-9-16-7-3-2-4-8-16/h2-5,7-8,10-11,15H,6,9,12-14H2,1H3,(H,20,21). The minimum atomic E-state index is 0.124. The number of hydrogen-bond donors (Lipinski definition) is 1. The molecule has 0 radical (unpaired) electrons. The first kappa shape index (κ1) is 16.1. The molecule has 0 aliphatic heterocycles. The Kier molecular flexibility index (Phi) is 6.49. The molecule has 0 atom stereocenters. The molecular formula is C19H23NO2. The van der Waals surface area contributed by atoms with Crippen LogP contribution in [0.5, 0.6) is 5.75 Å². The molecule has 0 aromatic heterocycles. The van der Waals surface area contributed by atoms with Crippen LogP contribution in [0.15, 0.2) is 54.6 Å². The second-order valence-corrected chi connectivity index (χ2v) is 5.29. The normalized spacial score (nSPS) is 10.2. The van der Waals surface area contributed by atoms with Gasteiger partial charge in [0.1, 0.15) is 5.75 Å². The van der Waals surface area contributed by atoms with E-state index in [1.54, 1.807) is 7.11 Å². The molecule has 1 amide bonds. The zero-order chi connectivity index (χ0) is 15.6. The molecule has 0 fully saturated rings. The number of amides is 1. The van der Waals surface area contributed by atoms with E-state index in [1.807, 2.05) is 42.5 Å². The van der Waals surface area contributed by atoms with Gasteiger partial charge in [-0.1, -0.05) is 42.5 Å². The molecular weight excluding hydrogens is 274 g/mol. The Morgan fingerprint density at radius 3 is 2.55 bits per heavy atom. The quantitative estimate of drug-likeness (QED) is 0.811. The molecule has 0 aliphatic carbocycles. The predicted octanol–water partition coefficient (Wildman–Crippen LogP) is 3.38. The topological polar surface area (TPSA) is 38.3 Å². The molecule has 0 spiro atoms. The molecule has 0 unspecified atom stereocenters. The lowest BCUT2D eigenvalue weighted by atomic mass is 10.1. The summed E-state index contributed by atoms with van der Waals surface area (Å²) in [4.78, 5) is 11.8. The third-order valence-corrected chi connectivity index (χ3v) is 3.58. The lowest BCUT2D eigenvalue weighted by Crippen LogP contribution is -2.25. The van der Waals surface area contributed by atoms with Gasteiger partial charge in [0.05, 0.1) is 7.11 Å². The first-order chi connectivity index (χ1) is 10.8. The third kappa shape index (κ3) is 5.60. The van der Waals surface area contributed by atoms with Crippen molar-refractivity contribution < 1.29 is 9.53 Å². The van der Waals surface area contributed by atoms with Crippen LogP contribution in [-0.4, -0.2) is 19.6 Å². The SMILES string of the molecule is COc1cccc(CCNC(=O)CCCc2ccccc2)c1. The van der Waals surface area contributed by atoms with Crippen molar-refractivity contribution in [2.24, 2.45) is 0 Å². The third-order valence-electron chi connectivity index (χ3n) is 3.58. The van der Waals surface area contributed by atoms with E-state index in [9.17, 15) is 4.79 Å². The zero-order valence-corrected chi connectivity index (χ0v) is 13.0. The van der Waals surface area contributed by atoms with Crippen LogP contribution in [0.25, 0.3) is 0 Å². The molecule has 3 nitrogen and oxygen atoms in total. The van der Waals surface area contributed by atoms with Gasteiger partial charge in [-0.3, -0.25) is 4.79 Å². The van der Waals surface area contributed by atoms with Crippen molar-refractivity contribution in [1.29, 1.82) is 0 Å². The predicted molar refractivity (Wildman–Crippen MR) is 89.1 cm³/mol. The minimum absolute atomic E-state index is 0.124. The van der Waals surface area contributed by atoms with Gasteiger partial charge >= 0.3 is 0 Å². The molecule has 22 heavy (non-hydrogen) atoms. The first-order valence-corrected chi connectivity index (χ1v) is 7.71. The van der Waals surface area contributed by atoms with Crippen molar-refractivity contribution in [3.8, 4) is 5.75 Å². The fourth-order valence-electron chi connectivity index (χ4n) is 2.36. The van der Waals surface area contributed by atoms with Gasteiger partial charge in [0.15, 0.2) is 0 Å². The molecule has 3 heteroatoms. The van der Waals surface area contributed by atoms with E-state index in [1.165, 1.54) is 11.1 Å². The van der Waals surface area contributed by atoms with Crippen molar-refractivity contribution in [2.75, 3.05) is 13.7 Å². The second kappa shape index (κ2) is 8.88. The molecule has 2 aromatic rings. The van der Waals surface area contributed by atoms with Crippen molar-refractivity contribution in [1.82, 2.24) is 5.32 Å². The summed E-state index contributed by atoms with van der Waals surface area (Å²) in [6.07, 6.45) is 3.23. The summed E-state index contributed by atoms with van der Waals surface area (Å²) in [7, 11) is 1.66. The fourth-order valence-corrected chi connectivity index (χ4v) is 2.36. The van der Waals surface area contributed by atoms with Gasteiger partial charge in [-0.15, -0.1) is 0 Å². The van der Waals surface area contributed by atoms with Crippen molar-refractivity contribution in [3.63, 3.8) is 0 Å². The number of aryl methyl sites for hydroxylation is 1. The fraction of sp³-hybridized carbons (Fsp3) is 0.316. The highest BCUT2D eigenvalue weighted by molar-refractivity contribution is 5.75. The average Bonchev–Trinajstić information content (AvgIpc) is 2.56. The molecule has 0 heterocycles. The summed E-state index contributed by atoms with van der Waals surface area (Å²) < 4.78 is 5.19. The van der Waals surface area contributed by atoms with Crippen molar-refractivity contribution >= 4 is 5.91 Å². The van der Waals surface area contributed by atoms with Gasteiger partial charge in [0.2, 0.25) is 5.91 Å². The minimum Gasteiger partial charge on any atom is -0.497 e. The van der Waals surface area contributed by atoms with Gasteiger partial charge in [-0.05, 0) is 42.5 Å². The van der Waals surface area contributed by atoms with E-state index in [4.69, 9.17) is 4.74 Å². The number of carbonyl (C=O) groups excluding carboxylic acids is 1. The van der Waals surface area contributed by atoms with Crippen LogP contribution in [0.1, 0.15) is 24.0 Å². The number of ether oxygens (including phenoxy) is 1. The highest BCUT2D eigenvalue weighted by atomic mass is 16.5. The number of nitrogens with one attached hydrogen (secondary N) is 1. The molecule has 0 saturated carbocycles. The van der Waals surface area contributed by atoms with E-state index in [2.05, 4.69) is 17.4 Å². The van der Waals surface area contributed by atoms with Gasteiger partial charge in [0.25, 0.3) is 0 Å². The van der Waals surface area contributed by atoms with Crippen LogP contribution in [-0.2, 0) is 17.6 Å². The summed E-state index contributed by atoms with van der Waals surface area (Å²) in [5.74, 6) is 0.977. The van der Waals surface area contributed by atoms with Crippen LogP contribution in [0.4, 0.5) is 0 Å². The van der Waals surface area contributed by atoms with Gasteiger partial charge < -0.3 is 10.1 Å². The highest BCUT2D eigenvalue weighted by Crippen LogP contribution is 2.12. The van der Waals surface area contributed by atoms with Crippen LogP contribution in [0, 0.1) is 0 Å². The number of methoxy groups -OCH3 is 1. The maximum Gasteiger partial charge on any atom is 0.220 e. The highest BCUT2D eigenvalue weighted by Gasteiger charge is 2.02. The van der Waals surface area contributed by atoms with Gasteiger partial charge in [0, 0.05) is 13.0 Å². The lowest BCUT2D eigenvalue weighted by molar-refractivity contribution is -0.121. The van der Waals surface area contributed by atoms with Crippen LogP contribution >= 0.6 is 0 Å². The Bertz CT molecular complexity index is 581. The summed E-state index contributed by atoms with van der Waals surface area (Å²) in [5, 5.41) is 2.98. The summed E-state index contributed by atoms with van der Waals surface area (Å²) >= 11 is 0. The number of hydrogen-bond acceptors (Lipinski definition) is 2. The maximum absolute atomic E-state index is 11.8. The summed E-state index contributed by atoms with van der Waals surface area (Å²) in [6.45, 7) is 0.664. The Morgan fingerprint density at radius 1 is 1.00 bits per heavy atom. The van der Waals surface area contributed by atoms with Gasteiger partial charge in [-0.25, -0.2) is 0 Å². The number of benzene rings is 2. The number of carbonyl (C=O) groups is 1. The lowest BCUT2D eigenvalue weighted by Gasteiger charge is -2.07. The van der Waals surface area contributed by atoms with E-state index >= 15 is 0 Å². The van der Waals surface area contributed by atoms with Gasteiger partial charge in [-0.2, -0.15) is 0 Å². The monoisotopic (exact) mass is 297 g/mol. The molecule has 2 aromatic carbocycles. The number of rotatable bonds is 8. The van der Waals surface area contributed by atoms with E-state index < -0.39 is 0 Å². The average molecular weight is 297 g/mol. The van der Waals surface area contributed by atoms with E-state index in [-0.39, 0.29) is 5.91 Å². The van der Waals surface area contributed by atoms with Crippen molar-refractivity contribution in [3.05, 3.63) is 65.7 Å². The van der Waals surface area contributed by atoms with E-state index in [0.717, 1.165) is 25.0 Å². The molecule has 0 aliphatic rings. The molecule has 116 valence electrons. The van der Waals surface area contributed by atoms with Crippen LogP contribution < -0.4 is 10.1 Å². The van der Waals surface area contributed by atoms with Crippen LogP contribution in [0.2, 0.25) is 0 Å².